The molecule has 0 aliphatic rings. The number of benzene rings is 4. The lowest BCUT2D eigenvalue weighted by Crippen LogP contribution is -2.36. The average Bonchev–Trinajstić information content (AvgIpc) is 3.16. The summed E-state index contributed by atoms with van der Waals surface area (Å²) in [6, 6.07) is 19.3. The van der Waals surface area contributed by atoms with E-state index in [0.717, 1.165) is 6.07 Å². The van der Waals surface area contributed by atoms with Crippen molar-refractivity contribution in [3.05, 3.63) is 96.8 Å². The molecular weight excluding hydrogens is 787 g/mol. The van der Waals surface area contributed by atoms with E-state index >= 15 is 0 Å². The van der Waals surface area contributed by atoms with Crippen LogP contribution < -0.4 is 26.0 Å². The second kappa shape index (κ2) is 17.0. The fourth-order valence-electron chi connectivity index (χ4n) is 4.87. The van der Waals surface area contributed by atoms with Crippen molar-refractivity contribution in [2.45, 2.75) is 14.7 Å². The molecule has 0 amide bonds. The van der Waals surface area contributed by atoms with Crippen LogP contribution in [-0.4, -0.2) is 49.5 Å². The van der Waals surface area contributed by atoms with E-state index in [2.05, 4.69) is 54.6 Å². The number of nitrogens with two attached hydrogens (primary N) is 1. The summed E-state index contributed by atoms with van der Waals surface area (Å²) in [5, 5.41) is 61.1. The fraction of sp³-hybridized carbons (Fsp3) is 0. The number of aromatic nitrogens is 4. The van der Waals surface area contributed by atoms with Crippen LogP contribution in [0.4, 0.5) is 40.3 Å². The largest absolute Gasteiger partial charge is 0.545 e. The standard InChI is InChI=1S/C31H23N9O12S3/c32-26-23(54-52-50-45)12-17-11-20(53-51-49-44)14-22(41)25(17)27(26)39-38-21-9-8-19(13-24(21)55(46,47)48)34-30-35-29(33-18-6-2-1-3-7-18)36-31(37-30)40-10-4-5-16(15-40)28(42)43/h1-15H,(H8-,32,33,34,35,36,37,38,39,41,42,43,44,45,46,47,48). The second-order valence-electron chi connectivity index (χ2n) is 10.7. The number of nitrogen functional groups attached to an aromatic ring is 1. The van der Waals surface area contributed by atoms with E-state index in [1.807, 2.05) is 0 Å². The van der Waals surface area contributed by atoms with Crippen LogP contribution in [0.15, 0.2) is 116 Å². The van der Waals surface area contributed by atoms with Crippen LogP contribution >= 0.6 is 24.1 Å². The third-order valence-electron chi connectivity index (χ3n) is 7.15. The number of carbonyl (C=O) groups excluding carboxylic acids is 1. The van der Waals surface area contributed by atoms with Crippen LogP contribution in [0.1, 0.15) is 10.4 Å². The van der Waals surface area contributed by atoms with E-state index in [1.54, 1.807) is 30.3 Å². The maximum Gasteiger partial charge on any atom is 0.444 e. The molecule has 6 rings (SSSR count). The van der Waals surface area contributed by atoms with Gasteiger partial charge in [0.2, 0.25) is 0 Å². The van der Waals surface area contributed by atoms with Gasteiger partial charge in [-0.2, -0.15) is 8.42 Å². The number of phenols is 1. The van der Waals surface area contributed by atoms with Gasteiger partial charge in [0.25, 0.3) is 10.1 Å². The van der Waals surface area contributed by atoms with Crippen molar-refractivity contribution in [1.82, 2.24) is 15.0 Å². The number of carboxylic acid groups (broad SMARTS) is 1. The van der Waals surface area contributed by atoms with Crippen molar-refractivity contribution < 1.29 is 61.8 Å². The van der Waals surface area contributed by atoms with Crippen molar-refractivity contribution in [1.29, 1.82) is 0 Å². The van der Waals surface area contributed by atoms with Gasteiger partial charge >= 0.3 is 17.8 Å². The zero-order valence-corrected chi connectivity index (χ0v) is 29.6. The number of azo groups is 1. The molecule has 4 aromatic carbocycles. The van der Waals surface area contributed by atoms with Crippen molar-refractivity contribution in [2.24, 2.45) is 10.2 Å². The molecule has 0 saturated carbocycles. The number of hydrogen-bond acceptors (Lipinski definition) is 21. The van der Waals surface area contributed by atoms with E-state index in [0.29, 0.717) is 29.8 Å². The highest BCUT2D eigenvalue weighted by molar-refractivity contribution is 7.95. The smallest absolute Gasteiger partial charge is 0.444 e. The van der Waals surface area contributed by atoms with Crippen LogP contribution in [0.5, 0.6) is 5.75 Å². The molecule has 0 fully saturated rings. The summed E-state index contributed by atoms with van der Waals surface area (Å²) < 4.78 is 45.7. The molecule has 2 heterocycles. The summed E-state index contributed by atoms with van der Waals surface area (Å²) in [5.41, 5.74) is 6.08. The van der Waals surface area contributed by atoms with Crippen molar-refractivity contribution in [3.8, 4) is 11.7 Å². The number of nitrogens with one attached hydrogen (secondary N) is 2. The highest BCUT2D eigenvalue weighted by Gasteiger charge is 2.22. The van der Waals surface area contributed by atoms with Crippen LogP contribution in [0.2, 0.25) is 0 Å². The number of anilines is 5. The maximum atomic E-state index is 12.6. The van der Waals surface area contributed by atoms with Gasteiger partial charge < -0.3 is 31.4 Å². The van der Waals surface area contributed by atoms with E-state index in [1.165, 1.54) is 59.4 Å². The first-order valence-corrected chi connectivity index (χ1v) is 17.9. The quantitative estimate of drug-likeness (QED) is 0.0137. The van der Waals surface area contributed by atoms with Crippen LogP contribution in [0.25, 0.3) is 16.7 Å². The number of carboxylic acids is 1. The Labute approximate surface area is 316 Å². The molecule has 2 aromatic heterocycles. The summed E-state index contributed by atoms with van der Waals surface area (Å²) in [4.78, 5) is 24.2. The number of aromatic hydroxyl groups is 1. The molecule has 0 aliphatic carbocycles. The number of phenolic OH excluding ortho intramolecular Hbond substituents is 1. The lowest BCUT2D eigenvalue weighted by Gasteiger charge is -2.12. The number of fused-ring (bicyclic) bond motifs is 1. The Kier molecular flexibility index (Phi) is 11.9. The third kappa shape index (κ3) is 9.37. The highest BCUT2D eigenvalue weighted by atomic mass is 32.2. The van der Waals surface area contributed by atoms with Crippen LogP contribution in [-0.2, 0) is 28.9 Å². The van der Waals surface area contributed by atoms with Crippen molar-refractivity contribution in [3.63, 3.8) is 0 Å². The van der Waals surface area contributed by atoms with Crippen LogP contribution in [0, 0.1) is 0 Å². The Morgan fingerprint density at radius 2 is 1.58 bits per heavy atom. The van der Waals surface area contributed by atoms with Gasteiger partial charge in [-0.05, 0) is 76.0 Å². The van der Waals surface area contributed by atoms with E-state index in [-0.39, 0.29) is 66.7 Å². The summed E-state index contributed by atoms with van der Waals surface area (Å²) in [7, 11) is -4.98. The van der Waals surface area contributed by atoms with Gasteiger partial charge in [-0.3, -0.25) is 4.55 Å². The minimum absolute atomic E-state index is 0.0230. The van der Waals surface area contributed by atoms with Gasteiger partial charge in [-0.25, -0.2) is 15.1 Å². The summed E-state index contributed by atoms with van der Waals surface area (Å²) in [6.45, 7) is 0. The molecule has 6 aromatic rings. The molecule has 282 valence electrons. The van der Waals surface area contributed by atoms with E-state index in [4.69, 9.17) is 16.2 Å². The lowest BCUT2D eigenvalue weighted by atomic mass is 10.1. The predicted molar refractivity (Wildman–Crippen MR) is 190 cm³/mol. The van der Waals surface area contributed by atoms with Crippen LogP contribution in [0.3, 0.4) is 0 Å². The Bertz CT molecular complexity index is 2540. The summed E-state index contributed by atoms with van der Waals surface area (Å²) in [6.07, 6.45) is 2.72. The molecule has 0 unspecified atom stereocenters. The Morgan fingerprint density at radius 1 is 0.873 bits per heavy atom. The number of rotatable bonds is 15. The molecule has 8 N–H and O–H groups in total. The monoisotopic (exact) mass is 809 g/mol. The lowest BCUT2D eigenvalue weighted by molar-refractivity contribution is -0.603. The topological polar surface area (TPSA) is 309 Å². The van der Waals surface area contributed by atoms with Gasteiger partial charge in [0.15, 0.2) is 0 Å². The summed E-state index contributed by atoms with van der Waals surface area (Å²) in [5.74, 6) is -1.97. The molecule has 0 atom stereocenters. The normalized spacial score (nSPS) is 11.6. The van der Waals surface area contributed by atoms with Gasteiger partial charge in [0.1, 0.15) is 22.0 Å². The second-order valence-corrected chi connectivity index (χ2v) is 13.6. The molecule has 0 spiro atoms. The first-order chi connectivity index (χ1) is 26.4. The first kappa shape index (κ1) is 38.7. The van der Waals surface area contributed by atoms with E-state index in [9.17, 15) is 28.0 Å². The number of hydrogen-bond donors (Lipinski definition) is 7. The van der Waals surface area contributed by atoms with Crippen molar-refractivity contribution >= 4 is 91.3 Å². The van der Waals surface area contributed by atoms with Crippen molar-refractivity contribution in [2.75, 3.05) is 16.4 Å². The first-order valence-electron chi connectivity index (χ1n) is 14.9. The molecule has 0 saturated heterocycles. The van der Waals surface area contributed by atoms with E-state index < -0.39 is 26.7 Å². The molecule has 24 heteroatoms. The number of pyridine rings is 1. The molecular formula is C31H23N9O12S3. The van der Waals surface area contributed by atoms with Gasteiger partial charge in [-0.15, -0.1) is 23.9 Å². The third-order valence-corrected chi connectivity index (χ3v) is 9.24. The number of aromatic carboxylic acids is 1. The fourth-order valence-corrected chi connectivity index (χ4v) is 6.43. The molecule has 55 heavy (non-hydrogen) atoms. The number of nitrogens with zero attached hydrogens (tertiary/aromatic N) is 6. The Morgan fingerprint density at radius 3 is 2.27 bits per heavy atom. The number of para-hydroxylation sites is 1. The molecule has 0 aliphatic heterocycles. The SMILES string of the molecule is Nc1c(SOOO)cc2cc(SOOO)cc(O)c2c1N=Nc1ccc(Nc2nc(Nc3ccccc3)nc(-[n+]3cccc(C(=O)[O-])c3)n2)cc1S(=O)(=O)O. The highest BCUT2D eigenvalue weighted by Crippen LogP contribution is 2.46. The molecule has 0 bridgehead atoms. The zero-order valence-electron chi connectivity index (χ0n) is 27.2. The minimum Gasteiger partial charge on any atom is -0.545 e. The number of carbonyl (C=O) groups is 1. The van der Waals surface area contributed by atoms with Gasteiger partial charge in [0, 0.05) is 21.8 Å². The van der Waals surface area contributed by atoms with Gasteiger partial charge in [-0.1, -0.05) is 28.3 Å². The van der Waals surface area contributed by atoms with Gasteiger partial charge in [0.05, 0.1) is 58.4 Å². The molecule has 21 nitrogen and oxygen atoms in total. The predicted octanol–water partition coefficient (Wildman–Crippen LogP) is 4.96. The minimum atomic E-state index is -4.98. The summed E-state index contributed by atoms with van der Waals surface area (Å²) >= 11 is 1.00. The Balaban J connectivity index is 1.40. The zero-order chi connectivity index (χ0) is 39.1. The maximum absolute atomic E-state index is 12.6. The average molecular weight is 810 g/mol. The Hall–Kier alpha value is -6.06. The molecule has 0 radical (unpaired) electrons.